The number of rotatable bonds is 7. The number of benzene rings is 3. The van der Waals surface area contributed by atoms with Crippen LogP contribution in [0.5, 0.6) is 0 Å². The first-order valence-electron chi connectivity index (χ1n) is 10.6. The van der Waals surface area contributed by atoms with Crippen molar-refractivity contribution >= 4 is 28.5 Å². The zero-order chi connectivity index (χ0) is 22.3. The molecule has 4 rings (SSSR count). The summed E-state index contributed by atoms with van der Waals surface area (Å²) in [4.78, 5) is 24.4. The largest absolute Gasteiger partial charge is 0.358 e. The molecule has 4 aromatic rings. The van der Waals surface area contributed by atoms with Crippen molar-refractivity contribution in [2.75, 3.05) is 18.9 Å². The smallest absolute Gasteiger partial charge is 0.319 e. The van der Waals surface area contributed by atoms with E-state index in [2.05, 4.69) is 40.2 Å². The van der Waals surface area contributed by atoms with Crippen LogP contribution in [0.2, 0.25) is 0 Å². The molecule has 6 heteroatoms. The van der Waals surface area contributed by atoms with E-state index in [0.29, 0.717) is 12.2 Å². The summed E-state index contributed by atoms with van der Waals surface area (Å²) in [6, 6.07) is 27.7. The van der Waals surface area contributed by atoms with Crippen molar-refractivity contribution in [1.29, 1.82) is 0 Å². The van der Waals surface area contributed by atoms with Crippen LogP contribution < -0.4 is 16.0 Å². The zero-order valence-electron chi connectivity index (χ0n) is 17.9. The molecule has 1 heterocycles. The Morgan fingerprint density at radius 2 is 1.53 bits per heavy atom. The van der Waals surface area contributed by atoms with E-state index >= 15 is 0 Å². The lowest BCUT2D eigenvalue weighted by atomic mass is 9.91. The molecule has 3 aromatic carbocycles. The second kappa shape index (κ2) is 9.83. The highest BCUT2D eigenvalue weighted by Crippen LogP contribution is 2.24. The molecule has 32 heavy (non-hydrogen) atoms. The first kappa shape index (κ1) is 21.2. The van der Waals surface area contributed by atoms with Gasteiger partial charge in [-0.2, -0.15) is 0 Å². The van der Waals surface area contributed by atoms with Gasteiger partial charge in [0, 0.05) is 31.4 Å². The van der Waals surface area contributed by atoms with Crippen molar-refractivity contribution in [3.05, 3.63) is 102 Å². The van der Waals surface area contributed by atoms with Crippen molar-refractivity contribution in [3.63, 3.8) is 0 Å². The summed E-state index contributed by atoms with van der Waals surface area (Å²) in [6.07, 6.45) is 1.87. The lowest BCUT2D eigenvalue weighted by Gasteiger charge is -2.19. The highest BCUT2D eigenvalue weighted by Gasteiger charge is 2.15. The summed E-state index contributed by atoms with van der Waals surface area (Å²) in [6.45, 7) is 0.695. The number of fused-ring (bicyclic) bond motifs is 1. The van der Waals surface area contributed by atoms with Gasteiger partial charge in [-0.05, 0) is 34.7 Å². The van der Waals surface area contributed by atoms with Crippen LogP contribution in [-0.2, 0) is 11.3 Å². The van der Waals surface area contributed by atoms with Crippen LogP contribution in [0.25, 0.3) is 10.9 Å². The van der Waals surface area contributed by atoms with E-state index in [1.807, 2.05) is 71.4 Å². The van der Waals surface area contributed by atoms with Crippen molar-refractivity contribution in [3.8, 4) is 0 Å². The van der Waals surface area contributed by atoms with Crippen LogP contribution in [0.1, 0.15) is 17.0 Å². The van der Waals surface area contributed by atoms with Crippen molar-refractivity contribution in [2.45, 2.75) is 12.5 Å². The number of urea groups is 1. The van der Waals surface area contributed by atoms with Gasteiger partial charge in [-0.15, -0.1) is 0 Å². The highest BCUT2D eigenvalue weighted by atomic mass is 16.2. The van der Waals surface area contributed by atoms with Gasteiger partial charge in [-0.3, -0.25) is 4.79 Å². The number of hydrogen-bond donors (Lipinski definition) is 3. The summed E-state index contributed by atoms with van der Waals surface area (Å²) >= 11 is 0. The quantitative estimate of drug-likeness (QED) is 0.411. The van der Waals surface area contributed by atoms with Crippen LogP contribution in [0.3, 0.4) is 0 Å². The molecule has 3 N–H and O–H groups in total. The molecular formula is C26H26N4O2. The van der Waals surface area contributed by atoms with Crippen molar-refractivity contribution in [1.82, 2.24) is 15.2 Å². The maximum absolute atomic E-state index is 12.7. The minimum atomic E-state index is -0.273. The van der Waals surface area contributed by atoms with Gasteiger partial charge < -0.3 is 20.5 Å². The van der Waals surface area contributed by atoms with Gasteiger partial charge in [0.05, 0.1) is 5.52 Å². The van der Waals surface area contributed by atoms with E-state index in [-0.39, 0.29) is 24.4 Å². The predicted octanol–water partition coefficient (Wildman–Crippen LogP) is 4.34. The highest BCUT2D eigenvalue weighted by molar-refractivity contribution is 5.93. The first-order chi connectivity index (χ1) is 15.6. The Hall–Kier alpha value is -4.06. The molecule has 162 valence electrons. The minimum Gasteiger partial charge on any atom is -0.358 e. The number of anilines is 1. The number of aromatic nitrogens is 1. The van der Waals surface area contributed by atoms with Crippen LogP contribution >= 0.6 is 0 Å². The molecule has 0 unspecified atom stereocenters. The fourth-order valence-corrected chi connectivity index (χ4v) is 3.80. The lowest BCUT2D eigenvalue weighted by Crippen LogP contribution is -2.32. The normalized spacial score (nSPS) is 10.8. The van der Waals surface area contributed by atoms with E-state index in [1.54, 1.807) is 7.05 Å². The molecular weight excluding hydrogens is 400 g/mol. The second-order valence-corrected chi connectivity index (χ2v) is 7.60. The standard InChI is InChI=1S/C26H26N4O2/c1-27-25(31)18-30-15-14-21-12-13-22(16-24(21)30)29-26(32)28-17-23(19-8-4-2-5-9-19)20-10-6-3-7-11-20/h2-16,23H,17-18H2,1H3,(H,27,31)(H2,28,29,32). The molecule has 0 radical (unpaired) electrons. The molecule has 0 atom stereocenters. The molecule has 0 fully saturated rings. The molecule has 0 aliphatic rings. The van der Waals surface area contributed by atoms with Gasteiger partial charge in [-0.25, -0.2) is 4.79 Å². The zero-order valence-corrected chi connectivity index (χ0v) is 17.9. The summed E-state index contributed by atoms with van der Waals surface area (Å²) < 4.78 is 1.86. The Morgan fingerprint density at radius 3 is 2.16 bits per heavy atom. The van der Waals surface area contributed by atoms with E-state index in [9.17, 15) is 9.59 Å². The Morgan fingerprint density at radius 1 is 0.875 bits per heavy atom. The molecule has 0 aliphatic carbocycles. The Bertz CT molecular complexity index is 1160. The average molecular weight is 427 g/mol. The lowest BCUT2D eigenvalue weighted by molar-refractivity contribution is -0.121. The van der Waals surface area contributed by atoms with Crippen LogP contribution in [0.4, 0.5) is 10.5 Å². The number of amides is 3. The molecule has 0 aliphatic heterocycles. The second-order valence-electron chi connectivity index (χ2n) is 7.60. The monoisotopic (exact) mass is 426 g/mol. The fourth-order valence-electron chi connectivity index (χ4n) is 3.80. The van der Waals surface area contributed by atoms with E-state index in [1.165, 1.54) is 0 Å². The van der Waals surface area contributed by atoms with Gasteiger partial charge >= 0.3 is 6.03 Å². The van der Waals surface area contributed by atoms with E-state index in [0.717, 1.165) is 22.0 Å². The topological polar surface area (TPSA) is 75.2 Å². The summed E-state index contributed by atoms with van der Waals surface area (Å²) in [5.41, 5.74) is 3.85. The van der Waals surface area contributed by atoms with Gasteiger partial charge in [0.15, 0.2) is 0 Å². The average Bonchev–Trinajstić information content (AvgIpc) is 3.22. The third kappa shape index (κ3) is 4.98. The summed E-state index contributed by atoms with van der Waals surface area (Å²) in [5, 5.41) is 9.55. The van der Waals surface area contributed by atoms with Gasteiger partial charge in [0.2, 0.25) is 5.91 Å². The summed E-state index contributed by atoms with van der Waals surface area (Å²) in [5.74, 6) is -0.0260. The minimum absolute atomic E-state index is 0.0513. The molecule has 0 spiro atoms. The number of nitrogens with one attached hydrogen (secondary N) is 3. The van der Waals surface area contributed by atoms with Gasteiger partial charge in [0.1, 0.15) is 6.54 Å². The maximum atomic E-state index is 12.7. The molecule has 3 amide bonds. The number of carbonyl (C=O) groups is 2. The molecule has 6 nitrogen and oxygen atoms in total. The maximum Gasteiger partial charge on any atom is 0.319 e. The Kier molecular flexibility index (Phi) is 6.51. The van der Waals surface area contributed by atoms with E-state index < -0.39 is 0 Å². The molecule has 0 bridgehead atoms. The molecule has 0 saturated carbocycles. The van der Waals surface area contributed by atoms with Gasteiger partial charge in [0.25, 0.3) is 0 Å². The number of hydrogen-bond acceptors (Lipinski definition) is 2. The third-order valence-corrected chi connectivity index (χ3v) is 5.50. The number of carbonyl (C=O) groups excluding carboxylic acids is 2. The van der Waals surface area contributed by atoms with Crippen molar-refractivity contribution < 1.29 is 9.59 Å². The summed E-state index contributed by atoms with van der Waals surface area (Å²) in [7, 11) is 1.61. The van der Waals surface area contributed by atoms with Crippen LogP contribution in [0, 0.1) is 0 Å². The van der Waals surface area contributed by atoms with Gasteiger partial charge in [-0.1, -0.05) is 66.7 Å². The van der Waals surface area contributed by atoms with Crippen LogP contribution in [-0.4, -0.2) is 30.1 Å². The first-order valence-corrected chi connectivity index (χ1v) is 10.6. The Labute approximate surface area is 187 Å². The van der Waals surface area contributed by atoms with Crippen LogP contribution in [0.15, 0.2) is 91.1 Å². The Balaban J connectivity index is 1.46. The van der Waals surface area contributed by atoms with E-state index in [4.69, 9.17) is 0 Å². The third-order valence-electron chi connectivity index (χ3n) is 5.50. The van der Waals surface area contributed by atoms with Crippen molar-refractivity contribution in [2.24, 2.45) is 0 Å². The number of likely N-dealkylation sites (N-methyl/N-ethyl adjacent to an activating group) is 1. The number of nitrogens with zero attached hydrogens (tertiary/aromatic N) is 1. The molecule has 1 aromatic heterocycles. The fraction of sp³-hybridized carbons (Fsp3) is 0.154. The molecule has 0 saturated heterocycles. The SMILES string of the molecule is CNC(=O)Cn1ccc2ccc(NC(=O)NCC(c3ccccc3)c3ccccc3)cc21. The predicted molar refractivity (Wildman–Crippen MR) is 128 cm³/mol.